The van der Waals surface area contributed by atoms with Crippen LogP contribution in [0.15, 0.2) is 30.6 Å². The Labute approximate surface area is 216 Å². The molecule has 2 amide bonds. The number of pyridine rings is 1. The number of aryl methyl sites for hydroxylation is 1. The van der Waals surface area contributed by atoms with E-state index in [4.69, 9.17) is 20.3 Å². The SMILES string of the molecule is COc1cc2c(cc1-c1cncc(C(N)=O)c1)-c1c(c(C(=O)N3CCOCC3(C)C)nn1C(C)C)CC2. The van der Waals surface area contributed by atoms with Crippen LogP contribution in [-0.4, -0.2) is 63.9 Å². The van der Waals surface area contributed by atoms with Gasteiger partial charge in [-0.1, -0.05) is 0 Å². The smallest absolute Gasteiger partial charge is 0.275 e. The lowest BCUT2D eigenvalue weighted by atomic mass is 9.86. The molecule has 1 aromatic carbocycles. The van der Waals surface area contributed by atoms with Crippen molar-refractivity contribution in [3.8, 4) is 28.1 Å². The number of carbonyl (C=O) groups excluding carboxylic acids is 2. The number of fused-ring (bicyclic) bond motifs is 3. The van der Waals surface area contributed by atoms with Crippen LogP contribution >= 0.6 is 0 Å². The monoisotopic (exact) mass is 503 g/mol. The first-order chi connectivity index (χ1) is 17.6. The summed E-state index contributed by atoms with van der Waals surface area (Å²) in [5.41, 5.74) is 11.5. The number of aromatic nitrogens is 3. The predicted molar refractivity (Wildman–Crippen MR) is 140 cm³/mol. The number of nitrogens with zero attached hydrogens (tertiary/aromatic N) is 4. The Morgan fingerprint density at radius 3 is 2.59 bits per heavy atom. The molecule has 9 heteroatoms. The van der Waals surface area contributed by atoms with Crippen LogP contribution < -0.4 is 10.5 Å². The minimum Gasteiger partial charge on any atom is -0.496 e. The third-order valence-electron chi connectivity index (χ3n) is 7.25. The van der Waals surface area contributed by atoms with Gasteiger partial charge in [0, 0.05) is 47.2 Å². The van der Waals surface area contributed by atoms with E-state index in [1.54, 1.807) is 19.4 Å². The quantitative estimate of drug-likeness (QED) is 0.569. The summed E-state index contributed by atoms with van der Waals surface area (Å²) >= 11 is 0. The second-order valence-corrected chi connectivity index (χ2v) is 10.6. The molecule has 0 spiro atoms. The molecule has 1 aliphatic carbocycles. The Morgan fingerprint density at radius 1 is 1.14 bits per heavy atom. The number of primary amides is 1. The maximum absolute atomic E-state index is 13.8. The fourth-order valence-electron chi connectivity index (χ4n) is 5.32. The van der Waals surface area contributed by atoms with E-state index >= 15 is 0 Å². The zero-order valence-electron chi connectivity index (χ0n) is 22.0. The van der Waals surface area contributed by atoms with Crippen LogP contribution in [0.5, 0.6) is 5.75 Å². The number of methoxy groups -OCH3 is 1. The fourth-order valence-corrected chi connectivity index (χ4v) is 5.32. The minimum atomic E-state index is -0.541. The van der Waals surface area contributed by atoms with Crippen LogP contribution in [0, 0.1) is 0 Å². The van der Waals surface area contributed by atoms with Crippen molar-refractivity contribution in [2.75, 3.05) is 26.9 Å². The molecule has 3 aromatic rings. The van der Waals surface area contributed by atoms with E-state index in [0.29, 0.717) is 43.2 Å². The van der Waals surface area contributed by atoms with E-state index in [2.05, 4.69) is 24.9 Å². The van der Waals surface area contributed by atoms with Gasteiger partial charge < -0.3 is 20.1 Å². The van der Waals surface area contributed by atoms with Gasteiger partial charge in [-0.15, -0.1) is 0 Å². The molecular weight excluding hydrogens is 470 g/mol. The number of amides is 2. The lowest BCUT2D eigenvalue weighted by molar-refractivity contribution is -0.0374. The van der Waals surface area contributed by atoms with Crippen LogP contribution in [-0.2, 0) is 17.6 Å². The highest BCUT2D eigenvalue weighted by atomic mass is 16.5. The highest BCUT2D eigenvalue weighted by molar-refractivity contribution is 5.97. The fraction of sp³-hybridized carbons (Fsp3) is 0.429. The molecule has 3 heterocycles. The molecular formula is C28H33N5O4. The second kappa shape index (κ2) is 9.30. The second-order valence-electron chi connectivity index (χ2n) is 10.6. The number of nitrogens with two attached hydrogens (primary N) is 1. The van der Waals surface area contributed by atoms with Crippen LogP contribution in [0.25, 0.3) is 22.4 Å². The summed E-state index contributed by atoms with van der Waals surface area (Å²) in [5.74, 6) is 0.0905. The molecule has 1 saturated heterocycles. The molecule has 9 nitrogen and oxygen atoms in total. The van der Waals surface area contributed by atoms with Gasteiger partial charge in [-0.3, -0.25) is 19.3 Å². The number of benzene rings is 1. The molecule has 0 bridgehead atoms. The van der Waals surface area contributed by atoms with Crippen LogP contribution in [0.2, 0.25) is 0 Å². The first kappa shape index (κ1) is 25.0. The largest absolute Gasteiger partial charge is 0.496 e. The summed E-state index contributed by atoms with van der Waals surface area (Å²) in [6, 6.07) is 5.86. The normalized spacial score (nSPS) is 16.3. The van der Waals surface area contributed by atoms with Gasteiger partial charge in [-0.05, 0) is 64.3 Å². The molecule has 5 rings (SSSR count). The molecule has 1 fully saturated rings. The molecule has 37 heavy (non-hydrogen) atoms. The summed E-state index contributed by atoms with van der Waals surface area (Å²) in [6.45, 7) is 9.74. The predicted octanol–water partition coefficient (Wildman–Crippen LogP) is 3.65. The zero-order valence-corrected chi connectivity index (χ0v) is 22.0. The van der Waals surface area contributed by atoms with Gasteiger partial charge >= 0.3 is 0 Å². The van der Waals surface area contributed by atoms with E-state index in [-0.39, 0.29) is 11.9 Å². The molecule has 0 atom stereocenters. The van der Waals surface area contributed by atoms with E-state index < -0.39 is 11.4 Å². The number of ether oxygens (including phenoxy) is 2. The van der Waals surface area contributed by atoms with Gasteiger partial charge in [0.1, 0.15) is 5.75 Å². The average molecular weight is 504 g/mol. The van der Waals surface area contributed by atoms with Crippen molar-refractivity contribution in [2.45, 2.75) is 52.1 Å². The molecule has 0 unspecified atom stereocenters. The third-order valence-corrected chi connectivity index (χ3v) is 7.25. The lowest BCUT2D eigenvalue weighted by Crippen LogP contribution is -2.55. The molecule has 2 aromatic heterocycles. The van der Waals surface area contributed by atoms with Gasteiger partial charge in [0.05, 0.1) is 37.1 Å². The Kier molecular flexibility index (Phi) is 6.27. The highest BCUT2D eigenvalue weighted by Gasteiger charge is 2.38. The number of carbonyl (C=O) groups is 2. The minimum absolute atomic E-state index is 0.0457. The molecule has 2 aliphatic rings. The Morgan fingerprint density at radius 2 is 1.92 bits per heavy atom. The number of morpholine rings is 1. The van der Waals surface area contributed by atoms with Crippen molar-refractivity contribution in [2.24, 2.45) is 5.73 Å². The maximum Gasteiger partial charge on any atom is 0.275 e. The van der Waals surface area contributed by atoms with Gasteiger partial charge in [-0.25, -0.2) is 0 Å². The highest BCUT2D eigenvalue weighted by Crippen LogP contribution is 2.43. The Bertz CT molecular complexity index is 1390. The van der Waals surface area contributed by atoms with Crippen molar-refractivity contribution in [1.29, 1.82) is 0 Å². The first-order valence-corrected chi connectivity index (χ1v) is 12.6. The summed E-state index contributed by atoms with van der Waals surface area (Å²) in [5, 5.41) is 4.89. The van der Waals surface area contributed by atoms with Gasteiger partial charge in [0.25, 0.3) is 5.91 Å². The molecule has 1 aliphatic heterocycles. The maximum atomic E-state index is 13.8. The van der Waals surface area contributed by atoms with Crippen LogP contribution in [0.1, 0.15) is 65.7 Å². The van der Waals surface area contributed by atoms with E-state index in [1.807, 2.05) is 29.5 Å². The lowest BCUT2D eigenvalue weighted by Gasteiger charge is -2.41. The van der Waals surface area contributed by atoms with E-state index in [0.717, 1.165) is 39.9 Å². The summed E-state index contributed by atoms with van der Waals surface area (Å²) in [6.07, 6.45) is 4.61. The third kappa shape index (κ3) is 4.27. The summed E-state index contributed by atoms with van der Waals surface area (Å²) in [4.78, 5) is 31.7. The van der Waals surface area contributed by atoms with Crippen molar-refractivity contribution in [1.82, 2.24) is 19.7 Å². The molecule has 194 valence electrons. The van der Waals surface area contributed by atoms with Crippen LogP contribution in [0.3, 0.4) is 0 Å². The Hall–Kier alpha value is -3.72. The average Bonchev–Trinajstić information content (AvgIpc) is 3.28. The van der Waals surface area contributed by atoms with E-state index in [9.17, 15) is 9.59 Å². The standard InChI is InChI=1S/C28H33N5O4/c1-16(2)33-25-20(24(31-33)27(35)32-8-9-37-15-28(32,3)4)7-6-17-11-23(36-5)21(12-22(17)25)18-10-19(26(29)34)14-30-13-18/h10-14,16H,6-9,15H2,1-5H3,(H2,29,34). The van der Waals surface area contributed by atoms with E-state index in [1.165, 1.54) is 6.20 Å². The van der Waals surface area contributed by atoms with Crippen molar-refractivity contribution < 1.29 is 19.1 Å². The van der Waals surface area contributed by atoms with Crippen molar-refractivity contribution in [3.63, 3.8) is 0 Å². The number of hydrogen-bond acceptors (Lipinski definition) is 6. The summed E-state index contributed by atoms with van der Waals surface area (Å²) in [7, 11) is 1.63. The Balaban J connectivity index is 1.68. The first-order valence-electron chi connectivity index (χ1n) is 12.6. The molecule has 2 N–H and O–H groups in total. The zero-order chi connectivity index (χ0) is 26.5. The number of rotatable bonds is 5. The molecule has 0 radical (unpaired) electrons. The molecule has 0 saturated carbocycles. The number of hydrogen-bond donors (Lipinski definition) is 1. The van der Waals surface area contributed by atoms with Crippen molar-refractivity contribution in [3.05, 3.63) is 53.0 Å². The van der Waals surface area contributed by atoms with Gasteiger partial charge in [-0.2, -0.15) is 5.10 Å². The van der Waals surface area contributed by atoms with Crippen molar-refractivity contribution >= 4 is 11.8 Å². The topological polar surface area (TPSA) is 113 Å². The van der Waals surface area contributed by atoms with Gasteiger partial charge in [0.2, 0.25) is 5.91 Å². The van der Waals surface area contributed by atoms with Gasteiger partial charge in [0.15, 0.2) is 5.69 Å². The van der Waals surface area contributed by atoms with Crippen LogP contribution in [0.4, 0.5) is 0 Å². The summed E-state index contributed by atoms with van der Waals surface area (Å²) < 4.78 is 13.3.